The van der Waals surface area contributed by atoms with Gasteiger partial charge < -0.3 is 4.74 Å². The molecule has 1 heterocycles. The molecule has 0 radical (unpaired) electrons. The number of carbonyl (C=O) groups excluding carboxylic acids is 2. The van der Waals surface area contributed by atoms with Crippen LogP contribution in [0.2, 0.25) is 10.0 Å². The van der Waals surface area contributed by atoms with Gasteiger partial charge in [-0.25, -0.2) is 27.7 Å². The molecule has 31 heavy (non-hydrogen) atoms. The normalized spacial score (nSPS) is 11.2. The Kier molecular flexibility index (Phi) is 6.92. The molecule has 0 aliphatic heterocycles. The van der Waals surface area contributed by atoms with E-state index >= 15 is 0 Å². The fourth-order valence-electron chi connectivity index (χ4n) is 2.35. The molecule has 0 saturated carbocycles. The van der Waals surface area contributed by atoms with Crippen LogP contribution in [0.15, 0.2) is 46.7 Å². The Bertz CT molecular complexity index is 1260. The topological polar surface area (TPSA) is 128 Å². The maximum atomic E-state index is 13.0. The number of halogens is 3. The number of aromatic nitrogens is 1. The molecule has 0 unspecified atom stereocenters. The summed E-state index contributed by atoms with van der Waals surface area (Å²) >= 11 is 12.8. The highest BCUT2D eigenvalue weighted by molar-refractivity contribution is 7.89. The molecule has 3 N–H and O–H groups in total. The molecule has 8 nitrogen and oxygen atoms in total. The third kappa shape index (κ3) is 5.77. The molecule has 162 valence electrons. The first-order valence-electron chi connectivity index (χ1n) is 8.25. The molecule has 0 bridgehead atoms. The van der Waals surface area contributed by atoms with Crippen molar-refractivity contribution in [3.63, 3.8) is 0 Å². The monoisotopic (exact) mass is 503 g/mol. The Balaban J connectivity index is 1.64. The van der Waals surface area contributed by atoms with E-state index in [-0.39, 0.29) is 26.6 Å². The van der Waals surface area contributed by atoms with Crippen molar-refractivity contribution in [1.29, 1.82) is 0 Å². The van der Waals surface area contributed by atoms with E-state index in [0.29, 0.717) is 11.3 Å². The van der Waals surface area contributed by atoms with Crippen LogP contribution in [0.3, 0.4) is 0 Å². The smallest absolute Gasteiger partial charge is 0.340 e. The fourth-order valence-corrected chi connectivity index (χ4v) is 4.48. The van der Waals surface area contributed by atoms with Gasteiger partial charge in [-0.1, -0.05) is 23.2 Å². The Morgan fingerprint density at radius 3 is 2.48 bits per heavy atom. The molecule has 0 aliphatic rings. The van der Waals surface area contributed by atoms with Gasteiger partial charge in [-0.05, 0) is 36.4 Å². The van der Waals surface area contributed by atoms with Gasteiger partial charge in [-0.3, -0.25) is 10.1 Å². The predicted octanol–water partition coefficient (Wildman–Crippen LogP) is 3.70. The highest BCUT2D eigenvalue weighted by Crippen LogP contribution is 2.29. The number of rotatable bonds is 6. The summed E-state index contributed by atoms with van der Waals surface area (Å²) in [7, 11) is -4.21. The van der Waals surface area contributed by atoms with Gasteiger partial charge >= 0.3 is 5.97 Å². The van der Waals surface area contributed by atoms with E-state index in [1.807, 2.05) is 0 Å². The summed E-state index contributed by atoms with van der Waals surface area (Å²) in [6.07, 6.45) is 0. The minimum atomic E-state index is -4.21. The van der Waals surface area contributed by atoms with Gasteiger partial charge in [0, 0.05) is 10.9 Å². The Morgan fingerprint density at radius 1 is 1.16 bits per heavy atom. The number of benzene rings is 2. The number of anilines is 1. The molecule has 0 saturated heterocycles. The lowest BCUT2D eigenvalue weighted by Crippen LogP contribution is -2.21. The first-order valence-corrected chi connectivity index (χ1v) is 11.4. The Hall–Kier alpha value is -2.57. The number of nitrogens with one attached hydrogen (secondary N) is 1. The van der Waals surface area contributed by atoms with E-state index in [2.05, 4.69) is 10.3 Å². The van der Waals surface area contributed by atoms with Gasteiger partial charge in [0.25, 0.3) is 5.91 Å². The predicted molar refractivity (Wildman–Crippen MR) is 114 cm³/mol. The number of ether oxygens (including phenoxy) is 1. The molecule has 0 spiro atoms. The van der Waals surface area contributed by atoms with Crippen molar-refractivity contribution in [2.45, 2.75) is 4.90 Å². The average Bonchev–Trinajstić information content (AvgIpc) is 3.14. The molecule has 3 aromatic rings. The zero-order valence-electron chi connectivity index (χ0n) is 15.3. The largest absolute Gasteiger partial charge is 0.452 e. The number of thiazole rings is 1. The lowest BCUT2D eigenvalue weighted by Gasteiger charge is -2.09. The van der Waals surface area contributed by atoms with Crippen LogP contribution in [0.25, 0.3) is 11.3 Å². The minimum Gasteiger partial charge on any atom is -0.452 e. The summed E-state index contributed by atoms with van der Waals surface area (Å²) in [4.78, 5) is 28.0. The molecule has 0 aliphatic carbocycles. The number of nitrogens with two attached hydrogens (primary N) is 1. The molecule has 13 heteroatoms. The quantitative estimate of drug-likeness (QED) is 0.493. The summed E-state index contributed by atoms with van der Waals surface area (Å²) in [6, 6.07) is 7.57. The van der Waals surface area contributed by atoms with E-state index in [1.165, 1.54) is 12.1 Å². The minimum absolute atomic E-state index is 0.174. The van der Waals surface area contributed by atoms with Gasteiger partial charge in [-0.15, -0.1) is 11.3 Å². The lowest BCUT2D eigenvalue weighted by molar-refractivity contribution is -0.119. The average molecular weight is 504 g/mol. The molecule has 1 aromatic heterocycles. The Labute approximate surface area is 189 Å². The summed E-state index contributed by atoms with van der Waals surface area (Å²) in [5, 5.41) is 8.96. The summed E-state index contributed by atoms with van der Waals surface area (Å²) in [5.41, 5.74) is 0.865. The van der Waals surface area contributed by atoms with Crippen molar-refractivity contribution in [3.05, 3.63) is 63.2 Å². The Morgan fingerprint density at radius 2 is 1.84 bits per heavy atom. The molecular weight excluding hydrogens is 492 g/mol. The van der Waals surface area contributed by atoms with Crippen LogP contribution in [-0.4, -0.2) is 31.9 Å². The maximum Gasteiger partial charge on any atom is 0.340 e. The van der Waals surface area contributed by atoms with Gasteiger partial charge in [0.05, 0.1) is 21.3 Å². The van der Waals surface area contributed by atoms with Crippen LogP contribution in [0.1, 0.15) is 10.4 Å². The number of hydrogen-bond acceptors (Lipinski definition) is 7. The van der Waals surface area contributed by atoms with Crippen LogP contribution in [0.5, 0.6) is 0 Å². The van der Waals surface area contributed by atoms with Gasteiger partial charge in [0.15, 0.2) is 11.7 Å². The molecule has 0 fully saturated rings. The van der Waals surface area contributed by atoms with Crippen molar-refractivity contribution in [2.24, 2.45) is 5.14 Å². The van der Waals surface area contributed by atoms with Crippen molar-refractivity contribution in [2.75, 3.05) is 11.9 Å². The van der Waals surface area contributed by atoms with E-state index in [0.717, 1.165) is 23.5 Å². The van der Waals surface area contributed by atoms with Crippen molar-refractivity contribution in [3.8, 4) is 11.3 Å². The molecule has 2 aromatic carbocycles. The molecular formula is C18H12Cl2FN3O5S2. The van der Waals surface area contributed by atoms with Crippen molar-refractivity contribution < 1.29 is 27.1 Å². The van der Waals surface area contributed by atoms with E-state index in [9.17, 15) is 22.4 Å². The molecule has 1 amide bonds. The standard InChI is InChI=1S/C18H12Cl2FN3O5S2/c19-12-6-13(20)15(31(22,27)28)5-11(12)17(26)29-7-16(25)24-18-23-14(8-30-18)9-1-3-10(21)4-2-9/h1-6,8H,7H2,(H2,22,27,28)(H,23,24,25). The van der Waals surface area contributed by atoms with Gasteiger partial charge in [0.1, 0.15) is 10.7 Å². The SMILES string of the molecule is NS(=O)(=O)c1cc(C(=O)OCC(=O)Nc2nc(-c3ccc(F)cc3)cs2)c(Cl)cc1Cl. The fraction of sp³-hybridized carbons (Fsp3) is 0.0556. The maximum absolute atomic E-state index is 13.0. The van der Waals surface area contributed by atoms with Gasteiger partial charge in [-0.2, -0.15) is 0 Å². The van der Waals surface area contributed by atoms with E-state index < -0.39 is 33.4 Å². The summed E-state index contributed by atoms with van der Waals surface area (Å²) < 4.78 is 41.0. The summed E-state index contributed by atoms with van der Waals surface area (Å²) in [6.45, 7) is -0.687. The van der Waals surface area contributed by atoms with Gasteiger partial charge in [0.2, 0.25) is 10.0 Å². The second-order valence-electron chi connectivity index (χ2n) is 5.98. The number of sulfonamides is 1. The number of nitrogens with zero attached hydrogens (tertiary/aromatic N) is 1. The third-order valence-electron chi connectivity index (χ3n) is 3.77. The molecule has 3 rings (SSSR count). The van der Waals surface area contributed by atoms with Crippen LogP contribution >= 0.6 is 34.5 Å². The van der Waals surface area contributed by atoms with Crippen LogP contribution in [0, 0.1) is 5.82 Å². The third-order valence-corrected chi connectivity index (χ3v) is 6.22. The lowest BCUT2D eigenvalue weighted by atomic mass is 10.2. The first-order chi connectivity index (χ1) is 14.5. The van der Waals surface area contributed by atoms with Crippen molar-refractivity contribution >= 4 is 61.6 Å². The van der Waals surface area contributed by atoms with E-state index in [4.69, 9.17) is 33.1 Å². The zero-order valence-corrected chi connectivity index (χ0v) is 18.4. The zero-order chi connectivity index (χ0) is 22.8. The van der Waals surface area contributed by atoms with Crippen LogP contribution < -0.4 is 10.5 Å². The number of carbonyl (C=O) groups is 2. The number of primary sulfonamides is 1. The van der Waals surface area contributed by atoms with Crippen LogP contribution in [-0.2, 0) is 19.6 Å². The molecule has 0 atom stereocenters. The van der Waals surface area contributed by atoms with Crippen molar-refractivity contribution in [1.82, 2.24) is 4.98 Å². The van der Waals surface area contributed by atoms with E-state index in [1.54, 1.807) is 17.5 Å². The second-order valence-corrected chi connectivity index (χ2v) is 9.18. The number of amides is 1. The second kappa shape index (κ2) is 9.28. The number of esters is 1. The highest BCUT2D eigenvalue weighted by atomic mass is 35.5. The highest BCUT2D eigenvalue weighted by Gasteiger charge is 2.21. The summed E-state index contributed by atoms with van der Waals surface area (Å²) in [5.74, 6) is -2.12. The number of hydrogen-bond donors (Lipinski definition) is 2. The van der Waals surface area contributed by atoms with Crippen LogP contribution in [0.4, 0.5) is 9.52 Å². The first kappa shape index (κ1) is 23.1.